The standard InChI is InChI=1S/C30H25BrN4O3S/c1-30(2,3)21-11-9-19(10-12-21)23-16-27(20-7-5-4-6-8-20)34-29(24(23)17-32)39-18-28(36)33-26-14-13-22(35(37)38)15-25(26)31/h4-16H,18H2,1-3H3,(H,33,36). The van der Waals surface area contributed by atoms with Gasteiger partial charge in [-0.05, 0) is 44.6 Å². The second kappa shape index (κ2) is 11.8. The minimum absolute atomic E-state index is 0.00291. The van der Waals surface area contributed by atoms with Crippen molar-refractivity contribution in [3.63, 3.8) is 0 Å². The Morgan fingerprint density at radius 3 is 2.33 bits per heavy atom. The van der Waals surface area contributed by atoms with Crippen LogP contribution >= 0.6 is 27.7 Å². The molecule has 0 radical (unpaired) electrons. The molecule has 0 unspecified atom stereocenters. The number of nitro benzene ring substituents is 1. The van der Waals surface area contributed by atoms with Crippen LogP contribution in [0.1, 0.15) is 31.9 Å². The molecule has 39 heavy (non-hydrogen) atoms. The van der Waals surface area contributed by atoms with E-state index in [-0.39, 0.29) is 22.8 Å². The molecule has 0 atom stereocenters. The summed E-state index contributed by atoms with van der Waals surface area (Å²) in [5, 5.41) is 24.3. The summed E-state index contributed by atoms with van der Waals surface area (Å²) in [5.41, 5.74) is 5.14. The summed E-state index contributed by atoms with van der Waals surface area (Å²) in [6.45, 7) is 6.45. The van der Waals surface area contributed by atoms with E-state index in [1.807, 2.05) is 48.5 Å². The molecule has 0 fully saturated rings. The van der Waals surface area contributed by atoms with Gasteiger partial charge in [0, 0.05) is 27.7 Å². The van der Waals surface area contributed by atoms with Crippen LogP contribution in [0.15, 0.2) is 88.4 Å². The molecular weight excluding hydrogens is 576 g/mol. The molecule has 196 valence electrons. The third-order valence-electron chi connectivity index (χ3n) is 6.01. The fourth-order valence-corrected chi connectivity index (χ4v) is 5.18. The Labute approximate surface area is 239 Å². The van der Waals surface area contributed by atoms with E-state index in [2.05, 4.69) is 60.2 Å². The van der Waals surface area contributed by atoms with Crippen LogP contribution in [0.5, 0.6) is 0 Å². The van der Waals surface area contributed by atoms with Gasteiger partial charge in [0.2, 0.25) is 5.91 Å². The lowest BCUT2D eigenvalue weighted by Gasteiger charge is -2.19. The SMILES string of the molecule is CC(C)(C)c1ccc(-c2cc(-c3ccccc3)nc(SCC(=O)Nc3ccc([N+](=O)[O-])cc3Br)c2C#N)cc1. The fourth-order valence-electron chi connectivity index (χ4n) is 3.91. The molecule has 7 nitrogen and oxygen atoms in total. The second-order valence-corrected chi connectivity index (χ2v) is 11.6. The summed E-state index contributed by atoms with van der Waals surface area (Å²) >= 11 is 4.44. The molecule has 1 amide bonds. The number of non-ortho nitro benzene ring substituents is 1. The van der Waals surface area contributed by atoms with Crippen molar-refractivity contribution in [2.24, 2.45) is 0 Å². The van der Waals surface area contributed by atoms with Crippen molar-refractivity contribution in [2.45, 2.75) is 31.2 Å². The average molecular weight is 602 g/mol. The minimum atomic E-state index is -0.505. The molecule has 1 heterocycles. The van der Waals surface area contributed by atoms with E-state index < -0.39 is 4.92 Å². The van der Waals surface area contributed by atoms with Gasteiger partial charge >= 0.3 is 0 Å². The molecule has 9 heteroatoms. The molecule has 4 rings (SSSR count). The maximum absolute atomic E-state index is 12.8. The van der Waals surface area contributed by atoms with Gasteiger partial charge in [-0.15, -0.1) is 0 Å². The molecule has 0 bridgehead atoms. The predicted molar refractivity (Wildman–Crippen MR) is 159 cm³/mol. The maximum Gasteiger partial charge on any atom is 0.270 e. The predicted octanol–water partition coefficient (Wildman–Crippen LogP) is 7.99. The van der Waals surface area contributed by atoms with E-state index in [0.717, 1.165) is 16.7 Å². The Morgan fingerprint density at radius 1 is 1.05 bits per heavy atom. The van der Waals surface area contributed by atoms with Crippen LogP contribution in [0.4, 0.5) is 11.4 Å². The van der Waals surface area contributed by atoms with E-state index in [9.17, 15) is 20.2 Å². The Hall–Kier alpha value is -4.00. The molecule has 0 spiro atoms. The fraction of sp³-hybridized carbons (Fsp3) is 0.167. The molecule has 4 aromatic rings. The number of nitrogens with zero attached hydrogens (tertiary/aromatic N) is 3. The third-order valence-corrected chi connectivity index (χ3v) is 7.64. The number of amides is 1. The van der Waals surface area contributed by atoms with Crippen LogP contribution in [0.2, 0.25) is 0 Å². The number of rotatable bonds is 7. The smallest absolute Gasteiger partial charge is 0.270 e. The molecule has 0 aliphatic carbocycles. The highest BCUT2D eigenvalue weighted by Gasteiger charge is 2.19. The molecule has 0 aliphatic rings. The number of nitriles is 1. The van der Waals surface area contributed by atoms with Crippen molar-refractivity contribution < 1.29 is 9.72 Å². The van der Waals surface area contributed by atoms with Crippen LogP contribution in [-0.2, 0) is 10.2 Å². The summed E-state index contributed by atoms with van der Waals surface area (Å²) in [5.74, 6) is -0.340. The number of hydrogen-bond donors (Lipinski definition) is 1. The average Bonchev–Trinajstić information content (AvgIpc) is 2.92. The number of halogens is 1. The van der Waals surface area contributed by atoms with Crippen LogP contribution in [0.3, 0.4) is 0 Å². The Morgan fingerprint density at radius 2 is 1.74 bits per heavy atom. The number of thioether (sulfide) groups is 1. The van der Waals surface area contributed by atoms with E-state index in [0.29, 0.717) is 26.4 Å². The number of carbonyl (C=O) groups is 1. The van der Waals surface area contributed by atoms with Gasteiger partial charge in [0.25, 0.3) is 5.69 Å². The van der Waals surface area contributed by atoms with Gasteiger partial charge in [0.05, 0.1) is 27.6 Å². The van der Waals surface area contributed by atoms with Crippen molar-refractivity contribution in [3.05, 3.63) is 105 Å². The van der Waals surface area contributed by atoms with E-state index in [1.54, 1.807) is 0 Å². The highest BCUT2D eigenvalue weighted by Crippen LogP contribution is 2.35. The summed E-state index contributed by atoms with van der Waals surface area (Å²) in [4.78, 5) is 28.0. The first-order valence-corrected chi connectivity index (χ1v) is 13.8. The summed E-state index contributed by atoms with van der Waals surface area (Å²) < 4.78 is 0.401. The first kappa shape index (κ1) is 28.0. The topological polar surface area (TPSA) is 109 Å². The van der Waals surface area contributed by atoms with Crippen molar-refractivity contribution in [1.29, 1.82) is 5.26 Å². The molecule has 1 N–H and O–H groups in total. The molecule has 1 aromatic heterocycles. The van der Waals surface area contributed by atoms with Gasteiger partial charge in [-0.3, -0.25) is 14.9 Å². The number of carbonyl (C=O) groups excluding carboxylic acids is 1. The van der Waals surface area contributed by atoms with Crippen LogP contribution in [0, 0.1) is 21.4 Å². The number of anilines is 1. The molecule has 0 saturated carbocycles. The minimum Gasteiger partial charge on any atom is -0.324 e. The Balaban J connectivity index is 1.66. The number of nitro groups is 1. The van der Waals surface area contributed by atoms with E-state index in [1.165, 1.54) is 35.5 Å². The lowest BCUT2D eigenvalue weighted by molar-refractivity contribution is -0.384. The quantitative estimate of drug-likeness (QED) is 0.131. The highest BCUT2D eigenvalue weighted by molar-refractivity contribution is 9.10. The van der Waals surface area contributed by atoms with Crippen LogP contribution < -0.4 is 5.32 Å². The third kappa shape index (κ3) is 6.72. The van der Waals surface area contributed by atoms with Crippen LogP contribution in [-0.4, -0.2) is 21.6 Å². The number of aromatic nitrogens is 1. The monoisotopic (exact) mass is 600 g/mol. The zero-order valence-corrected chi connectivity index (χ0v) is 24.0. The Kier molecular flexibility index (Phi) is 8.48. The normalized spacial score (nSPS) is 11.1. The van der Waals surface area contributed by atoms with E-state index in [4.69, 9.17) is 4.98 Å². The summed E-state index contributed by atoms with van der Waals surface area (Å²) in [7, 11) is 0. The number of pyridine rings is 1. The highest BCUT2D eigenvalue weighted by atomic mass is 79.9. The van der Waals surface area contributed by atoms with Crippen molar-refractivity contribution in [2.75, 3.05) is 11.1 Å². The number of nitrogens with one attached hydrogen (secondary N) is 1. The van der Waals surface area contributed by atoms with Gasteiger partial charge < -0.3 is 5.32 Å². The number of hydrogen-bond acceptors (Lipinski definition) is 6. The number of benzene rings is 3. The maximum atomic E-state index is 12.8. The van der Waals surface area contributed by atoms with E-state index >= 15 is 0 Å². The zero-order chi connectivity index (χ0) is 28.2. The van der Waals surface area contributed by atoms with Gasteiger partial charge in [-0.2, -0.15) is 5.26 Å². The van der Waals surface area contributed by atoms with Gasteiger partial charge in [0.1, 0.15) is 11.1 Å². The first-order chi connectivity index (χ1) is 18.6. The second-order valence-electron chi connectivity index (χ2n) is 9.80. The summed E-state index contributed by atoms with van der Waals surface area (Å²) in [6, 6.07) is 26.2. The first-order valence-electron chi connectivity index (χ1n) is 12.0. The van der Waals surface area contributed by atoms with Gasteiger partial charge in [0.15, 0.2) is 0 Å². The molecule has 3 aromatic carbocycles. The van der Waals surface area contributed by atoms with Crippen molar-refractivity contribution >= 4 is 45.0 Å². The molecule has 0 saturated heterocycles. The van der Waals surface area contributed by atoms with Crippen LogP contribution in [0.25, 0.3) is 22.4 Å². The summed E-state index contributed by atoms with van der Waals surface area (Å²) in [6.07, 6.45) is 0. The van der Waals surface area contributed by atoms with Gasteiger partial charge in [-0.25, -0.2) is 4.98 Å². The lowest BCUT2D eigenvalue weighted by Crippen LogP contribution is -2.15. The van der Waals surface area contributed by atoms with Crippen molar-refractivity contribution in [3.8, 4) is 28.5 Å². The molecular formula is C30H25BrN4O3S. The molecule has 0 aliphatic heterocycles. The lowest BCUT2D eigenvalue weighted by atomic mass is 9.86. The Bertz CT molecular complexity index is 1580. The van der Waals surface area contributed by atoms with Crippen molar-refractivity contribution in [1.82, 2.24) is 4.98 Å². The van der Waals surface area contributed by atoms with Gasteiger partial charge in [-0.1, -0.05) is 87.1 Å². The largest absolute Gasteiger partial charge is 0.324 e. The zero-order valence-electron chi connectivity index (χ0n) is 21.6.